The van der Waals surface area contributed by atoms with Crippen LogP contribution in [0.2, 0.25) is 5.02 Å². The SMILES string of the molecule is Cc1cc(=O)n(-c2ccc(Cl)cc2)c(S(C)(=O)=O)n1. The molecule has 0 atom stereocenters. The average molecular weight is 299 g/mol. The topological polar surface area (TPSA) is 69.0 Å². The fraction of sp³-hybridized carbons (Fsp3) is 0.167. The minimum Gasteiger partial charge on any atom is -0.269 e. The number of sulfone groups is 1. The first-order valence-electron chi connectivity index (χ1n) is 5.36. The van der Waals surface area contributed by atoms with Crippen molar-refractivity contribution in [3.8, 4) is 5.69 Å². The summed E-state index contributed by atoms with van der Waals surface area (Å²) in [4.78, 5) is 16.0. The molecule has 0 aliphatic carbocycles. The molecule has 2 rings (SSSR count). The van der Waals surface area contributed by atoms with E-state index in [9.17, 15) is 13.2 Å². The molecule has 0 N–H and O–H groups in total. The van der Waals surface area contributed by atoms with Crippen LogP contribution in [0, 0.1) is 6.92 Å². The summed E-state index contributed by atoms with van der Waals surface area (Å²) in [5.74, 6) is 0. The monoisotopic (exact) mass is 298 g/mol. The number of aryl methyl sites for hydroxylation is 1. The first kappa shape index (κ1) is 13.8. The lowest BCUT2D eigenvalue weighted by atomic mass is 10.3. The van der Waals surface area contributed by atoms with Gasteiger partial charge in [-0.15, -0.1) is 0 Å². The van der Waals surface area contributed by atoms with Crippen molar-refractivity contribution in [2.45, 2.75) is 12.1 Å². The van der Waals surface area contributed by atoms with Gasteiger partial charge in [0.25, 0.3) is 5.56 Å². The molecule has 0 radical (unpaired) electrons. The molecule has 1 heterocycles. The molecule has 0 unspecified atom stereocenters. The minimum atomic E-state index is -3.62. The molecule has 2 aromatic rings. The van der Waals surface area contributed by atoms with Gasteiger partial charge in [-0.2, -0.15) is 0 Å². The van der Waals surface area contributed by atoms with E-state index in [1.54, 1.807) is 31.2 Å². The second kappa shape index (κ2) is 4.79. The normalized spacial score (nSPS) is 11.5. The van der Waals surface area contributed by atoms with Crippen LogP contribution >= 0.6 is 11.6 Å². The Kier molecular flexibility index (Phi) is 3.47. The van der Waals surface area contributed by atoms with E-state index in [1.165, 1.54) is 6.07 Å². The zero-order valence-electron chi connectivity index (χ0n) is 10.3. The second-order valence-corrected chi connectivity index (χ2v) is 6.45. The van der Waals surface area contributed by atoms with Crippen LogP contribution in [-0.4, -0.2) is 24.2 Å². The quantitative estimate of drug-likeness (QED) is 0.790. The largest absolute Gasteiger partial charge is 0.269 e. The molecule has 0 fully saturated rings. The molecule has 0 amide bonds. The van der Waals surface area contributed by atoms with E-state index < -0.39 is 15.4 Å². The fourth-order valence-electron chi connectivity index (χ4n) is 1.65. The Labute approximate surface area is 115 Å². The number of hydrogen-bond donors (Lipinski definition) is 0. The highest BCUT2D eigenvalue weighted by Crippen LogP contribution is 2.15. The zero-order chi connectivity index (χ0) is 14.2. The number of benzene rings is 1. The van der Waals surface area contributed by atoms with E-state index in [2.05, 4.69) is 4.98 Å². The van der Waals surface area contributed by atoms with Crippen LogP contribution in [0.4, 0.5) is 0 Å². The van der Waals surface area contributed by atoms with Crippen molar-refractivity contribution in [1.82, 2.24) is 9.55 Å². The van der Waals surface area contributed by atoms with Gasteiger partial charge in [0.15, 0.2) is 0 Å². The van der Waals surface area contributed by atoms with Crippen LogP contribution < -0.4 is 5.56 Å². The number of hydrogen-bond acceptors (Lipinski definition) is 4. The molecule has 0 spiro atoms. The van der Waals surface area contributed by atoms with Crippen molar-refractivity contribution < 1.29 is 8.42 Å². The van der Waals surface area contributed by atoms with Crippen LogP contribution in [0.1, 0.15) is 5.69 Å². The Hall–Kier alpha value is -1.66. The van der Waals surface area contributed by atoms with Crippen LogP contribution in [-0.2, 0) is 9.84 Å². The highest BCUT2D eigenvalue weighted by atomic mass is 35.5. The number of rotatable bonds is 2. The standard InChI is InChI=1S/C12H11ClN2O3S/c1-8-7-11(16)15(12(14-8)19(2,17)18)10-5-3-9(13)4-6-10/h3-7H,1-2H3. The smallest absolute Gasteiger partial charge is 0.259 e. The summed E-state index contributed by atoms with van der Waals surface area (Å²) in [6, 6.07) is 7.57. The molecule has 1 aromatic carbocycles. The van der Waals surface area contributed by atoms with Crippen LogP contribution in [0.3, 0.4) is 0 Å². The maximum Gasteiger partial charge on any atom is 0.259 e. The van der Waals surface area contributed by atoms with Gasteiger partial charge in [-0.05, 0) is 31.2 Å². The summed E-state index contributed by atoms with van der Waals surface area (Å²) in [6.07, 6.45) is 1.01. The molecule has 19 heavy (non-hydrogen) atoms. The predicted octanol–water partition coefficient (Wildman–Crippen LogP) is 1.60. The number of nitrogens with zero attached hydrogens (tertiary/aromatic N) is 2. The Bertz CT molecular complexity index is 780. The van der Waals surface area contributed by atoms with E-state index in [1.807, 2.05) is 0 Å². The van der Waals surface area contributed by atoms with E-state index >= 15 is 0 Å². The minimum absolute atomic E-state index is 0.278. The van der Waals surface area contributed by atoms with Crippen molar-refractivity contribution in [3.63, 3.8) is 0 Å². The third-order valence-electron chi connectivity index (χ3n) is 2.43. The van der Waals surface area contributed by atoms with Crippen LogP contribution in [0.25, 0.3) is 5.69 Å². The van der Waals surface area contributed by atoms with Gasteiger partial charge in [0.1, 0.15) is 0 Å². The molecule has 0 aliphatic heterocycles. The molecule has 0 saturated carbocycles. The summed E-state index contributed by atoms with van der Waals surface area (Å²) in [5, 5.41) is 0.220. The maximum atomic E-state index is 12.0. The lowest BCUT2D eigenvalue weighted by molar-refractivity contribution is 0.583. The molecule has 5 nitrogen and oxygen atoms in total. The lowest BCUT2D eigenvalue weighted by Crippen LogP contribution is -2.25. The van der Waals surface area contributed by atoms with Gasteiger partial charge in [-0.1, -0.05) is 11.6 Å². The predicted molar refractivity (Wildman–Crippen MR) is 72.7 cm³/mol. The first-order chi connectivity index (χ1) is 8.79. The average Bonchev–Trinajstić information content (AvgIpc) is 2.28. The van der Waals surface area contributed by atoms with Crippen molar-refractivity contribution >= 4 is 21.4 Å². The summed E-state index contributed by atoms with van der Waals surface area (Å²) < 4.78 is 24.6. The van der Waals surface area contributed by atoms with Gasteiger partial charge in [-0.3, -0.25) is 9.36 Å². The van der Waals surface area contributed by atoms with Crippen molar-refractivity contribution in [2.24, 2.45) is 0 Å². The summed E-state index contributed by atoms with van der Waals surface area (Å²) in [7, 11) is -3.62. The molecule has 100 valence electrons. The molecule has 0 bridgehead atoms. The highest BCUT2D eigenvalue weighted by molar-refractivity contribution is 7.90. The first-order valence-corrected chi connectivity index (χ1v) is 7.62. The second-order valence-electron chi connectivity index (χ2n) is 4.10. The third-order valence-corrected chi connectivity index (χ3v) is 3.62. The molecule has 7 heteroatoms. The molecule has 1 aromatic heterocycles. The van der Waals surface area contributed by atoms with E-state index in [0.29, 0.717) is 16.4 Å². The third kappa shape index (κ3) is 2.85. The van der Waals surface area contributed by atoms with Crippen molar-refractivity contribution in [3.05, 3.63) is 51.4 Å². The van der Waals surface area contributed by atoms with Crippen LogP contribution in [0.5, 0.6) is 0 Å². The van der Waals surface area contributed by atoms with E-state index in [0.717, 1.165) is 10.8 Å². The molecule has 0 aliphatic rings. The Morgan fingerprint density at radius 2 is 1.79 bits per heavy atom. The van der Waals surface area contributed by atoms with E-state index in [4.69, 9.17) is 11.6 Å². The van der Waals surface area contributed by atoms with Gasteiger partial charge in [0.2, 0.25) is 15.0 Å². The maximum absolute atomic E-state index is 12.0. The van der Waals surface area contributed by atoms with Gasteiger partial charge in [-0.25, -0.2) is 13.4 Å². The van der Waals surface area contributed by atoms with Gasteiger partial charge < -0.3 is 0 Å². The highest BCUT2D eigenvalue weighted by Gasteiger charge is 2.18. The van der Waals surface area contributed by atoms with E-state index in [-0.39, 0.29) is 5.16 Å². The molecular formula is C12H11ClN2O3S. The van der Waals surface area contributed by atoms with Gasteiger partial charge >= 0.3 is 0 Å². The Balaban J connectivity index is 2.83. The number of halogens is 1. The summed E-state index contributed by atoms with van der Waals surface area (Å²) in [6.45, 7) is 1.57. The molecular weight excluding hydrogens is 288 g/mol. The van der Waals surface area contributed by atoms with Gasteiger partial charge in [0, 0.05) is 23.0 Å². The summed E-state index contributed by atoms with van der Waals surface area (Å²) >= 11 is 5.77. The lowest BCUT2D eigenvalue weighted by Gasteiger charge is -2.11. The fourth-order valence-corrected chi connectivity index (χ4v) is 2.61. The Morgan fingerprint density at radius 1 is 1.21 bits per heavy atom. The van der Waals surface area contributed by atoms with Crippen LogP contribution in [0.15, 0.2) is 40.3 Å². The van der Waals surface area contributed by atoms with Crippen molar-refractivity contribution in [2.75, 3.05) is 6.26 Å². The zero-order valence-corrected chi connectivity index (χ0v) is 11.9. The number of aromatic nitrogens is 2. The Morgan fingerprint density at radius 3 is 2.32 bits per heavy atom. The summed E-state index contributed by atoms with van der Waals surface area (Å²) in [5.41, 5.74) is 0.313. The molecule has 0 saturated heterocycles. The van der Waals surface area contributed by atoms with Crippen molar-refractivity contribution in [1.29, 1.82) is 0 Å². The van der Waals surface area contributed by atoms with Gasteiger partial charge in [0.05, 0.1) is 5.69 Å².